The van der Waals surface area contributed by atoms with E-state index in [0.717, 1.165) is 31.9 Å². The van der Waals surface area contributed by atoms with Crippen LogP contribution in [0.4, 0.5) is 0 Å². The molecule has 11 nitrogen and oxygen atoms in total. The summed E-state index contributed by atoms with van der Waals surface area (Å²) in [7, 11) is -3.79. The third-order valence-corrected chi connectivity index (χ3v) is 8.81. The fourth-order valence-electron chi connectivity index (χ4n) is 6.54. The van der Waals surface area contributed by atoms with Crippen LogP contribution in [0.2, 0.25) is 0 Å². The van der Waals surface area contributed by atoms with E-state index in [1.165, 1.54) is 17.0 Å². The van der Waals surface area contributed by atoms with E-state index in [0.29, 0.717) is 30.3 Å². The summed E-state index contributed by atoms with van der Waals surface area (Å²) in [4.78, 5) is 56.7. The van der Waals surface area contributed by atoms with Gasteiger partial charge in [0.1, 0.15) is 24.1 Å². The third kappa shape index (κ3) is 5.58. The van der Waals surface area contributed by atoms with Gasteiger partial charge in [0, 0.05) is 29.8 Å². The molecule has 0 bridgehead atoms. The maximum Gasteiger partial charge on any atom is 0.306 e. The highest BCUT2D eigenvalue weighted by Crippen LogP contribution is 2.43. The summed E-state index contributed by atoms with van der Waals surface area (Å²) in [6, 6.07) is 4.50. The van der Waals surface area contributed by atoms with Crippen LogP contribution >= 0.6 is 0 Å². The first kappa shape index (κ1) is 27.3. The molecule has 0 spiro atoms. The number of amides is 2. The van der Waals surface area contributed by atoms with Crippen LogP contribution in [0.25, 0.3) is 10.9 Å². The minimum atomic E-state index is -3.79. The molecule has 1 aromatic carbocycles. The van der Waals surface area contributed by atoms with Gasteiger partial charge in [-0.05, 0) is 62.1 Å². The summed E-state index contributed by atoms with van der Waals surface area (Å²) in [5, 5.41) is 12.7. The average molecular weight is 560 g/mol. The molecule has 1 saturated heterocycles. The Morgan fingerprint density at radius 1 is 1.21 bits per heavy atom. The smallest absolute Gasteiger partial charge is 0.306 e. The number of hydrogen-bond acceptors (Lipinski definition) is 8. The van der Waals surface area contributed by atoms with E-state index in [9.17, 15) is 32.7 Å². The Morgan fingerprint density at radius 2 is 2.00 bits per heavy atom. The monoisotopic (exact) mass is 559 g/mol. The number of aromatic amines is 1. The van der Waals surface area contributed by atoms with Gasteiger partial charge >= 0.3 is 10.1 Å². The van der Waals surface area contributed by atoms with Crippen LogP contribution in [-0.4, -0.2) is 78.3 Å². The minimum absolute atomic E-state index is 0.0616. The number of rotatable bonds is 9. The van der Waals surface area contributed by atoms with Gasteiger partial charge in [0.2, 0.25) is 5.91 Å². The summed E-state index contributed by atoms with van der Waals surface area (Å²) in [6.07, 6.45) is 5.52. The van der Waals surface area contributed by atoms with Crippen molar-refractivity contribution in [3.63, 3.8) is 0 Å². The molecular weight excluding hydrogens is 526 g/mol. The number of aliphatic hydroxyl groups excluding tert-OH is 1. The van der Waals surface area contributed by atoms with Gasteiger partial charge in [0.05, 0.1) is 12.3 Å². The molecule has 3 N–H and O–H groups in total. The predicted molar refractivity (Wildman–Crippen MR) is 140 cm³/mol. The number of Topliss-reactive ketones (excluding diaryl/α,β-unsaturated/α-hetero) is 2. The summed E-state index contributed by atoms with van der Waals surface area (Å²) in [6.45, 7) is -0.373. The third-order valence-electron chi connectivity index (χ3n) is 8.33. The number of fused-ring (bicyclic) bond motifs is 2. The van der Waals surface area contributed by atoms with Crippen molar-refractivity contribution in [3.8, 4) is 5.75 Å². The van der Waals surface area contributed by atoms with E-state index in [1.54, 1.807) is 12.1 Å². The number of H-pyrrole nitrogens is 1. The number of nitrogens with one attached hydrogen (secondary N) is 2. The van der Waals surface area contributed by atoms with Gasteiger partial charge in [0.25, 0.3) is 5.91 Å². The maximum atomic E-state index is 13.8. The van der Waals surface area contributed by atoms with Crippen LogP contribution < -0.4 is 9.50 Å². The Hall–Kier alpha value is -3.25. The number of carbonyl (C=O) groups excluding carboxylic acids is 4. The lowest BCUT2D eigenvalue weighted by atomic mass is 9.91. The van der Waals surface area contributed by atoms with Crippen molar-refractivity contribution in [1.82, 2.24) is 15.2 Å². The van der Waals surface area contributed by atoms with Crippen molar-refractivity contribution in [2.45, 2.75) is 57.0 Å². The fourth-order valence-corrected chi connectivity index (χ4v) is 7.01. The quantitative estimate of drug-likeness (QED) is 0.390. The molecule has 2 aliphatic carbocycles. The van der Waals surface area contributed by atoms with Gasteiger partial charge < -0.3 is 24.5 Å². The zero-order valence-corrected chi connectivity index (χ0v) is 22.5. The van der Waals surface area contributed by atoms with Gasteiger partial charge in [-0.25, -0.2) is 0 Å². The molecule has 2 amide bonds. The predicted octanol–water partition coefficient (Wildman–Crippen LogP) is 1.55. The van der Waals surface area contributed by atoms with E-state index >= 15 is 0 Å². The van der Waals surface area contributed by atoms with E-state index < -0.39 is 46.4 Å². The average Bonchev–Trinajstić information content (AvgIpc) is 3.66. The van der Waals surface area contributed by atoms with Crippen molar-refractivity contribution < 1.29 is 36.9 Å². The molecule has 2 saturated carbocycles. The summed E-state index contributed by atoms with van der Waals surface area (Å²) in [5.74, 6) is -1.55. The van der Waals surface area contributed by atoms with Gasteiger partial charge in [-0.3, -0.25) is 19.2 Å². The summed E-state index contributed by atoms with van der Waals surface area (Å²) in [5.41, 5.74) is 0.696. The number of nitrogens with zero attached hydrogens (tertiary/aromatic N) is 1. The number of likely N-dealkylation sites (tertiary alicyclic amines) is 1. The minimum Gasteiger partial charge on any atom is -0.389 e. The summed E-state index contributed by atoms with van der Waals surface area (Å²) < 4.78 is 28.5. The molecule has 5 atom stereocenters. The van der Waals surface area contributed by atoms with Gasteiger partial charge in [-0.2, -0.15) is 8.42 Å². The van der Waals surface area contributed by atoms with E-state index in [1.807, 2.05) is 0 Å². The Morgan fingerprint density at radius 3 is 2.69 bits per heavy atom. The SMILES string of the molecule is CS(=O)(=O)Oc1cccc2[nH]c(C(=O)N3C[C@@H]4CCC[C@@H]4[C@H]3C(=O)N[C@@H](C[C@@H]3CCCC3=O)C(=O)CO)cc12. The number of aliphatic hydroxyl groups is 1. The molecule has 5 rings (SSSR count). The molecule has 39 heavy (non-hydrogen) atoms. The highest BCUT2D eigenvalue weighted by atomic mass is 32.2. The first-order valence-electron chi connectivity index (χ1n) is 13.3. The Bertz CT molecular complexity index is 1420. The number of ketones is 2. The van der Waals surface area contributed by atoms with Gasteiger partial charge in [-0.15, -0.1) is 0 Å². The van der Waals surface area contributed by atoms with E-state index in [2.05, 4.69) is 10.3 Å². The molecule has 210 valence electrons. The topological polar surface area (TPSA) is 163 Å². The normalized spacial score (nSPS) is 25.6. The molecular formula is C27H33N3O8S. The molecule has 1 aliphatic heterocycles. The lowest BCUT2D eigenvalue weighted by Gasteiger charge is -2.29. The maximum absolute atomic E-state index is 13.8. The highest BCUT2D eigenvalue weighted by Gasteiger charge is 2.50. The van der Waals surface area contributed by atoms with Crippen LogP contribution in [0, 0.1) is 17.8 Å². The van der Waals surface area contributed by atoms with Crippen molar-refractivity contribution >= 4 is 44.4 Å². The lowest BCUT2D eigenvalue weighted by molar-refractivity contribution is -0.133. The standard InChI is InChI=1S/C27H33N3O8S/c1-39(36,37)38-24-10-4-8-19-18(24)12-21(28-19)27(35)30-13-16-6-2-7-17(16)25(30)26(34)29-20(23(33)14-31)11-15-5-3-9-22(15)32/h4,8,10,12,15-17,20,25,28,31H,2-3,5-7,9,11,13-14H2,1H3,(H,29,34)/t15-,16-,17-,20-,25-/m0/s1. The van der Waals surface area contributed by atoms with Gasteiger partial charge in [-0.1, -0.05) is 12.5 Å². The molecule has 2 heterocycles. The molecule has 2 aromatic rings. The van der Waals surface area contributed by atoms with Crippen LogP contribution in [0.5, 0.6) is 5.75 Å². The second kappa shape index (κ2) is 10.7. The van der Waals surface area contributed by atoms with Crippen LogP contribution in [-0.2, 0) is 24.5 Å². The summed E-state index contributed by atoms with van der Waals surface area (Å²) >= 11 is 0. The first-order valence-corrected chi connectivity index (χ1v) is 15.2. The number of carbonyl (C=O) groups is 4. The molecule has 1 aromatic heterocycles. The first-order chi connectivity index (χ1) is 18.6. The zero-order valence-electron chi connectivity index (χ0n) is 21.7. The largest absolute Gasteiger partial charge is 0.389 e. The molecule has 3 aliphatic rings. The second-order valence-electron chi connectivity index (χ2n) is 10.9. The fraction of sp³-hybridized carbons (Fsp3) is 0.556. The Balaban J connectivity index is 1.40. The van der Waals surface area contributed by atoms with Crippen molar-refractivity contribution in [2.24, 2.45) is 17.8 Å². The Kier molecular flexibility index (Phi) is 7.51. The van der Waals surface area contributed by atoms with E-state index in [-0.39, 0.29) is 41.4 Å². The van der Waals surface area contributed by atoms with Gasteiger partial charge in [0.15, 0.2) is 11.5 Å². The van der Waals surface area contributed by atoms with Crippen molar-refractivity contribution in [1.29, 1.82) is 0 Å². The van der Waals surface area contributed by atoms with Crippen LogP contribution in [0.1, 0.15) is 55.4 Å². The number of benzene rings is 1. The van der Waals surface area contributed by atoms with Crippen LogP contribution in [0.15, 0.2) is 24.3 Å². The second-order valence-corrected chi connectivity index (χ2v) is 12.5. The zero-order chi connectivity index (χ0) is 27.9. The molecule has 12 heteroatoms. The van der Waals surface area contributed by atoms with E-state index in [4.69, 9.17) is 4.18 Å². The molecule has 0 unspecified atom stereocenters. The van der Waals surface area contributed by atoms with Crippen LogP contribution in [0.3, 0.4) is 0 Å². The molecule has 0 radical (unpaired) electrons. The lowest BCUT2D eigenvalue weighted by Crippen LogP contribution is -2.53. The molecule has 3 fully saturated rings. The highest BCUT2D eigenvalue weighted by molar-refractivity contribution is 7.86. The number of aromatic nitrogens is 1. The number of hydrogen-bond donors (Lipinski definition) is 3. The van der Waals surface area contributed by atoms with Crippen molar-refractivity contribution in [3.05, 3.63) is 30.0 Å². The van der Waals surface area contributed by atoms with Crippen molar-refractivity contribution in [2.75, 3.05) is 19.4 Å². The Labute approximate surface area is 226 Å².